The Labute approximate surface area is 122 Å². The van der Waals surface area contributed by atoms with Gasteiger partial charge in [0.05, 0.1) is 0 Å². The maximum Gasteiger partial charge on any atom is 0.248 e. The molecule has 1 aliphatic rings. The van der Waals surface area contributed by atoms with Crippen molar-refractivity contribution in [3.8, 4) is 0 Å². The molecule has 0 unspecified atom stereocenters. The summed E-state index contributed by atoms with van der Waals surface area (Å²) in [4.78, 5) is 13.5. The van der Waals surface area contributed by atoms with E-state index in [4.69, 9.17) is 5.73 Å². The minimum absolute atomic E-state index is 0.308. The van der Waals surface area contributed by atoms with Gasteiger partial charge in [0.1, 0.15) is 5.82 Å². The van der Waals surface area contributed by atoms with E-state index in [0.29, 0.717) is 17.7 Å². The van der Waals surface area contributed by atoms with E-state index in [0.717, 1.165) is 26.2 Å². The molecule has 0 aromatic heterocycles. The first-order valence-corrected chi connectivity index (χ1v) is 7.91. The number of benzene rings is 1. The predicted molar refractivity (Wildman–Crippen MR) is 80.4 cm³/mol. The Morgan fingerprint density at radius 2 is 2.15 bits per heavy atom. The third kappa shape index (κ3) is 4.47. The van der Waals surface area contributed by atoms with Gasteiger partial charge in [0.25, 0.3) is 0 Å². The number of halogens is 1. The maximum atomic E-state index is 13.6. The summed E-state index contributed by atoms with van der Waals surface area (Å²) in [6.45, 7) is 4.44. The molecule has 3 N–H and O–H groups in total. The molecule has 0 saturated carbocycles. The number of nitrogens with one attached hydrogen (secondary N) is 1. The Hall–Kier alpha value is -1.11. The van der Waals surface area contributed by atoms with Crippen LogP contribution in [0.5, 0.6) is 0 Å². The highest BCUT2D eigenvalue weighted by molar-refractivity contribution is 7.99. The molecule has 0 bridgehead atoms. The highest BCUT2D eigenvalue weighted by Gasteiger charge is 2.10. The van der Waals surface area contributed by atoms with Crippen LogP contribution in [0.3, 0.4) is 0 Å². The van der Waals surface area contributed by atoms with Crippen LogP contribution in [0.15, 0.2) is 18.2 Å². The molecule has 1 aromatic carbocycles. The van der Waals surface area contributed by atoms with Crippen LogP contribution in [-0.4, -0.2) is 48.5 Å². The molecule has 1 fully saturated rings. The number of thioether (sulfide) groups is 1. The third-order valence-electron chi connectivity index (χ3n) is 3.35. The first-order chi connectivity index (χ1) is 9.66. The van der Waals surface area contributed by atoms with Crippen molar-refractivity contribution in [2.75, 3.05) is 37.7 Å². The van der Waals surface area contributed by atoms with Gasteiger partial charge in [0.2, 0.25) is 5.91 Å². The molecule has 20 heavy (non-hydrogen) atoms. The minimum atomic E-state index is -0.530. The average molecular weight is 297 g/mol. The number of amides is 1. The quantitative estimate of drug-likeness (QED) is 0.771. The molecule has 110 valence electrons. The summed E-state index contributed by atoms with van der Waals surface area (Å²) in [7, 11) is 0. The Bertz CT molecular complexity index is 464. The minimum Gasteiger partial charge on any atom is -0.366 e. The fourth-order valence-corrected chi connectivity index (χ4v) is 3.13. The summed E-state index contributed by atoms with van der Waals surface area (Å²) in [6, 6.07) is 4.22. The fraction of sp³-hybridized carbons (Fsp3) is 0.500. The number of nitrogens with two attached hydrogens (primary N) is 1. The summed E-state index contributed by atoms with van der Waals surface area (Å²) in [5.74, 6) is 1.54. The monoisotopic (exact) mass is 297 g/mol. The summed E-state index contributed by atoms with van der Waals surface area (Å²) < 4.78 is 13.6. The van der Waals surface area contributed by atoms with Gasteiger partial charge in [-0.2, -0.15) is 11.8 Å². The van der Waals surface area contributed by atoms with E-state index in [-0.39, 0.29) is 5.82 Å². The summed E-state index contributed by atoms with van der Waals surface area (Å²) in [5, 5.41) is 3.22. The second-order valence-corrected chi connectivity index (χ2v) is 6.03. The smallest absolute Gasteiger partial charge is 0.248 e. The molecule has 1 amide bonds. The van der Waals surface area contributed by atoms with Crippen molar-refractivity contribution in [1.82, 2.24) is 10.2 Å². The van der Waals surface area contributed by atoms with Crippen LogP contribution in [0.25, 0.3) is 0 Å². The zero-order valence-corrected chi connectivity index (χ0v) is 12.2. The normalized spacial score (nSPS) is 16.2. The van der Waals surface area contributed by atoms with Crippen molar-refractivity contribution in [1.29, 1.82) is 0 Å². The first kappa shape index (κ1) is 15.3. The second kappa shape index (κ2) is 7.61. The zero-order valence-electron chi connectivity index (χ0n) is 11.4. The summed E-state index contributed by atoms with van der Waals surface area (Å²) in [5.41, 5.74) is 6.02. The van der Waals surface area contributed by atoms with Crippen LogP contribution in [0.2, 0.25) is 0 Å². The molecule has 1 aliphatic heterocycles. The van der Waals surface area contributed by atoms with Crippen LogP contribution in [0.1, 0.15) is 15.9 Å². The van der Waals surface area contributed by atoms with Crippen molar-refractivity contribution < 1.29 is 9.18 Å². The lowest BCUT2D eigenvalue weighted by atomic mass is 10.1. The molecule has 4 nitrogen and oxygen atoms in total. The van der Waals surface area contributed by atoms with Crippen LogP contribution in [-0.2, 0) is 6.54 Å². The lowest BCUT2D eigenvalue weighted by molar-refractivity contribution is 0.1000. The van der Waals surface area contributed by atoms with Crippen LogP contribution < -0.4 is 11.1 Å². The number of hydrogen-bond donors (Lipinski definition) is 2. The lowest BCUT2D eigenvalue weighted by Gasteiger charge is -2.26. The number of nitrogens with zero attached hydrogens (tertiary/aromatic N) is 1. The topological polar surface area (TPSA) is 58.4 Å². The Kier molecular flexibility index (Phi) is 5.82. The fourth-order valence-electron chi connectivity index (χ4n) is 2.15. The van der Waals surface area contributed by atoms with Crippen molar-refractivity contribution in [3.05, 3.63) is 35.1 Å². The third-order valence-corrected chi connectivity index (χ3v) is 4.30. The molecular weight excluding hydrogens is 277 g/mol. The second-order valence-electron chi connectivity index (χ2n) is 4.80. The SMILES string of the molecule is NC(=O)c1ccc(F)c(CNCCN2CCSCC2)c1. The van der Waals surface area contributed by atoms with Gasteiger partial charge in [-0.1, -0.05) is 0 Å². The van der Waals surface area contributed by atoms with E-state index in [9.17, 15) is 9.18 Å². The van der Waals surface area contributed by atoms with Crippen molar-refractivity contribution in [2.45, 2.75) is 6.54 Å². The highest BCUT2D eigenvalue weighted by atomic mass is 32.2. The van der Waals surface area contributed by atoms with E-state index < -0.39 is 5.91 Å². The standard InChI is InChI=1S/C14H20FN3OS/c15-13-2-1-11(14(16)19)9-12(13)10-17-3-4-18-5-7-20-8-6-18/h1-2,9,17H,3-8,10H2,(H2,16,19). The van der Waals surface area contributed by atoms with Gasteiger partial charge in [0, 0.05) is 55.4 Å². The molecular formula is C14H20FN3OS. The zero-order chi connectivity index (χ0) is 14.4. The van der Waals surface area contributed by atoms with Crippen molar-refractivity contribution >= 4 is 17.7 Å². The van der Waals surface area contributed by atoms with E-state index in [2.05, 4.69) is 10.2 Å². The Morgan fingerprint density at radius 1 is 1.40 bits per heavy atom. The molecule has 0 aliphatic carbocycles. The van der Waals surface area contributed by atoms with Gasteiger partial charge < -0.3 is 16.0 Å². The molecule has 1 aromatic rings. The molecule has 1 saturated heterocycles. The van der Waals surface area contributed by atoms with E-state index >= 15 is 0 Å². The molecule has 2 rings (SSSR count). The van der Waals surface area contributed by atoms with Crippen LogP contribution >= 0.6 is 11.8 Å². The number of primary amides is 1. The first-order valence-electron chi connectivity index (χ1n) is 6.76. The van der Waals surface area contributed by atoms with Gasteiger partial charge in [-0.05, 0) is 18.2 Å². The average Bonchev–Trinajstić information content (AvgIpc) is 2.46. The van der Waals surface area contributed by atoms with E-state index in [1.165, 1.54) is 29.7 Å². The number of carbonyl (C=O) groups is 1. The maximum absolute atomic E-state index is 13.6. The molecule has 1 heterocycles. The Balaban J connectivity index is 1.78. The number of hydrogen-bond acceptors (Lipinski definition) is 4. The number of rotatable bonds is 6. The van der Waals surface area contributed by atoms with Crippen molar-refractivity contribution in [2.24, 2.45) is 5.73 Å². The summed E-state index contributed by atoms with van der Waals surface area (Å²) in [6.07, 6.45) is 0. The van der Waals surface area contributed by atoms with Crippen LogP contribution in [0, 0.1) is 5.82 Å². The van der Waals surface area contributed by atoms with Crippen LogP contribution in [0.4, 0.5) is 4.39 Å². The molecule has 0 spiro atoms. The van der Waals surface area contributed by atoms with Gasteiger partial charge in [0.15, 0.2) is 0 Å². The Morgan fingerprint density at radius 3 is 2.85 bits per heavy atom. The van der Waals surface area contributed by atoms with Crippen molar-refractivity contribution in [3.63, 3.8) is 0 Å². The van der Waals surface area contributed by atoms with Gasteiger partial charge >= 0.3 is 0 Å². The molecule has 0 radical (unpaired) electrons. The number of carbonyl (C=O) groups excluding carboxylic acids is 1. The largest absolute Gasteiger partial charge is 0.366 e. The lowest BCUT2D eigenvalue weighted by Crippen LogP contribution is -2.37. The van der Waals surface area contributed by atoms with Gasteiger partial charge in [-0.3, -0.25) is 4.79 Å². The molecule has 0 atom stereocenters. The van der Waals surface area contributed by atoms with Gasteiger partial charge in [-0.25, -0.2) is 4.39 Å². The van der Waals surface area contributed by atoms with Gasteiger partial charge in [-0.15, -0.1) is 0 Å². The van der Waals surface area contributed by atoms with E-state index in [1.807, 2.05) is 11.8 Å². The highest BCUT2D eigenvalue weighted by Crippen LogP contribution is 2.10. The van der Waals surface area contributed by atoms with E-state index in [1.54, 1.807) is 0 Å². The predicted octanol–water partition coefficient (Wildman–Crippen LogP) is 1.06. The summed E-state index contributed by atoms with van der Waals surface area (Å²) >= 11 is 1.99. The molecule has 6 heteroatoms.